The number of likely N-dealkylation sites (tertiary alicyclic amines) is 1. The first-order chi connectivity index (χ1) is 6.35. The van der Waals surface area contributed by atoms with Crippen molar-refractivity contribution in [1.82, 2.24) is 0 Å². The number of rotatable bonds is 2. The second kappa shape index (κ2) is 3.89. The van der Waals surface area contributed by atoms with E-state index in [1.54, 1.807) is 0 Å². The van der Waals surface area contributed by atoms with Crippen LogP contribution >= 0.6 is 0 Å². The molecule has 3 nitrogen and oxygen atoms in total. The Balaban J connectivity index is 2.43. The highest BCUT2D eigenvalue weighted by Gasteiger charge is 2.46. The lowest BCUT2D eigenvalue weighted by molar-refractivity contribution is -0.888. The van der Waals surface area contributed by atoms with Crippen molar-refractivity contribution >= 4 is 6.09 Å². The molecule has 1 atom stereocenters. The van der Waals surface area contributed by atoms with Crippen LogP contribution in [-0.2, 0) is 4.74 Å². The van der Waals surface area contributed by atoms with Gasteiger partial charge in [0, 0.05) is 0 Å². The van der Waals surface area contributed by atoms with E-state index in [4.69, 9.17) is 4.74 Å². The van der Waals surface area contributed by atoms with E-state index in [9.17, 15) is 4.79 Å². The lowest BCUT2D eigenvalue weighted by atomic mass is 10.0. The molecule has 1 amide bonds. The summed E-state index contributed by atoms with van der Waals surface area (Å²) in [4.78, 5) is 11.8. The van der Waals surface area contributed by atoms with E-state index >= 15 is 0 Å². The fourth-order valence-electron chi connectivity index (χ4n) is 1.89. The van der Waals surface area contributed by atoms with Crippen molar-refractivity contribution in [2.24, 2.45) is 11.8 Å². The zero-order valence-corrected chi connectivity index (χ0v) is 9.91. The highest BCUT2D eigenvalue weighted by atomic mass is 16.6. The van der Waals surface area contributed by atoms with E-state index in [0.717, 1.165) is 13.1 Å². The van der Waals surface area contributed by atoms with Gasteiger partial charge in [-0.15, -0.1) is 0 Å². The van der Waals surface area contributed by atoms with Crippen molar-refractivity contribution in [2.45, 2.75) is 33.8 Å². The summed E-state index contributed by atoms with van der Waals surface area (Å²) in [6.07, 6.45) is -0.0438. The van der Waals surface area contributed by atoms with Crippen LogP contribution in [0.2, 0.25) is 0 Å². The summed E-state index contributed by atoms with van der Waals surface area (Å²) < 4.78 is 5.86. The Kier molecular flexibility index (Phi) is 3.20. The van der Waals surface area contributed by atoms with Gasteiger partial charge in [0.25, 0.3) is 0 Å². The average molecular weight is 200 g/mol. The molecular formula is C11H22NO2+. The van der Waals surface area contributed by atoms with Crippen molar-refractivity contribution in [1.29, 1.82) is 0 Å². The number of carbonyl (C=O) groups excluding carboxylic acids is 1. The summed E-state index contributed by atoms with van der Waals surface area (Å²) in [6.45, 7) is 10.1. The summed E-state index contributed by atoms with van der Waals surface area (Å²) in [7, 11) is 1.95. The number of hydrogen-bond acceptors (Lipinski definition) is 2. The maximum Gasteiger partial charge on any atom is 0.516 e. The van der Waals surface area contributed by atoms with Crippen LogP contribution < -0.4 is 0 Å². The maximum atomic E-state index is 11.8. The van der Waals surface area contributed by atoms with Gasteiger partial charge in [-0.1, -0.05) is 20.8 Å². The molecule has 14 heavy (non-hydrogen) atoms. The molecule has 0 radical (unpaired) electrons. The maximum absolute atomic E-state index is 11.8. The van der Waals surface area contributed by atoms with Crippen LogP contribution in [0.3, 0.4) is 0 Å². The van der Waals surface area contributed by atoms with Gasteiger partial charge in [-0.2, -0.15) is 4.79 Å². The zero-order chi connectivity index (χ0) is 10.9. The topological polar surface area (TPSA) is 26.3 Å². The normalized spacial score (nSPS) is 33.7. The van der Waals surface area contributed by atoms with Gasteiger partial charge in [-0.25, -0.2) is 4.48 Å². The lowest BCUT2D eigenvalue weighted by Gasteiger charge is -2.42. The third kappa shape index (κ3) is 2.27. The van der Waals surface area contributed by atoms with Crippen LogP contribution in [0.15, 0.2) is 0 Å². The number of quaternary nitrogens is 1. The second-order valence-electron chi connectivity index (χ2n) is 5.20. The van der Waals surface area contributed by atoms with Gasteiger partial charge in [0.15, 0.2) is 0 Å². The van der Waals surface area contributed by atoms with Gasteiger partial charge in [0.05, 0.1) is 26.1 Å². The molecular weight excluding hydrogens is 178 g/mol. The molecule has 1 aliphatic rings. The Bertz CT molecular complexity index is 219. The van der Waals surface area contributed by atoms with E-state index in [2.05, 4.69) is 20.8 Å². The van der Waals surface area contributed by atoms with Crippen molar-refractivity contribution < 1.29 is 14.0 Å². The van der Waals surface area contributed by atoms with E-state index in [1.165, 1.54) is 0 Å². The molecule has 0 aromatic carbocycles. The Labute approximate surface area is 86.6 Å². The summed E-state index contributed by atoms with van der Waals surface area (Å²) in [6, 6.07) is 0. The first-order valence-corrected chi connectivity index (χ1v) is 5.41. The Hall–Kier alpha value is -0.570. The molecule has 1 fully saturated rings. The predicted octanol–water partition coefficient (Wildman–Crippen LogP) is 2.26. The van der Waals surface area contributed by atoms with E-state index in [-0.39, 0.29) is 12.2 Å². The number of carbonyl (C=O) groups is 1. The summed E-state index contributed by atoms with van der Waals surface area (Å²) >= 11 is 0. The van der Waals surface area contributed by atoms with E-state index < -0.39 is 0 Å². The molecule has 0 saturated carbocycles. The van der Waals surface area contributed by atoms with E-state index in [0.29, 0.717) is 16.3 Å². The predicted molar refractivity (Wildman–Crippen MR) is 55.9 cm³/mol. The third-order valence-corrected chi connectivity index (χ3v) is 3.10. The summed E-state index contributed by atoms with van der Waals surface area (Å²) in [5, 5.41) is 0. The third-order valence-electron chi connectivity index (χ3n) is 3.10. The fourth-order valence-corrected chi connectivity index (χ4v) is 1.89. The molecule has 1 saturated heterocycles. The van der Waals surface area contributed by atoms with Gasteiger partial charge in [0.2, 0.25) is 0 Å². The quantitative estimate of drug-likeness (QED) is 0.639. The molecule has 0 spiro atoms. The number of nitrogens with zero attached hydrogens (tertiary/aromatic N) is 1. The fraction of sp³-hybridized carbons (Fsp3) is 0.909. The molecule has 1 aliphatic heterocycles. The van der Waals surface area contributed by atoms with Crippen LogP contribution in [0, 0.1) is 11.8 Å². The van der Waals surface area contributed by atoms with Gasteiger partial charge in [0.1, 0.15) is 6.10 Å². The van der Waals surface area contributed by atoms with Crippen LogP contribution in [0.5, 0.6) is 0 Å². The average Bonchev–Trinajstić information content (AvgIpc) is 2.01. The number of amides is 1. The number of hydrogen-bond donors (Lipinski definition) is 0. The first kappa shape index (κ1) is 11.5. The largest absolute Gasteiger partial charge is 0.516 e. The molecule has 0 N–H and O–H groups in total. The summed E-state index contributed by atoms with van der Waals surface area (Å²) in [5.41, 5.74) is 0. The zero-order valence-electron chi connectivity index (χ0n) is 9.91. The molecule has 82 valence electrons. The van der Waals surface area contributed by atoms with Crippen LogP contribution in [0.1, 0.15) is 27.7 Å². The van der Waals surface area contributed by atoms with Crippen LogP contribution in [0.25, 0.3) is 0 Å². The highest BCUT2D eigenvalue weighted by Crippen LogP contribution is 2.25. The first-order valence-electron chi connectivity index (χ1n) is 5.41. The van der Waals surface area contributed by atoms with Gasteiger partial charge in [-0.3, -0.25) is 0 Å². The molecule has 1 unspecified atom stereocenters. The monoisotopic (exact) mass is 200 g/mol. The highest BCUT2D eigenvalue weighted by molar-refractivity contribution is 5.60. The molecule has 1 heterocycles. The SMILES string of the molecule is CC1C[N+](C)(C(=O)OC(C)C(C)C)C1. The minimum absolute atomic E-state index is 0.0216. The van der Waals surface area contributed by atoms with Crippen molar-refractivity contribution in [2.75, 3.05) is 20.1 Å². The molecule has 0 aromatic heterocycles. The second-order valence-corrected chi connectivity index (χ2v) is 5.20. The Morgan fingerprint density at radius 1 is 1.36 bits per heavy atom. The van der Waals surface area contributed by atoms with Crippen molar-refractivity contribution in [3.8, 4) is 0 Å². The molecule has 0 bridgehead atoms. The molecule has 0 aromatic rings. The minimum Gasteiger partial charge on any atom is -0.417 e. The molecule has 0 aliphatic carbocycles. The van der Waals surface area contributed by atoms with Gasteiger partial charge in [-0.05, 0) is 12.8 Å². The molecule has 3 heteroatoms. The molecule has 1 rings (SSSR count). The van der Waals surface area contributed by atoms with Crippen molar-refractivity contribution in [3.63, 3.8) is 0 Å². The minimum atomic E-state index is -0.0655. The Morgan fingerprint density at radius 2 is 1.86 bits per heavy atom. The number of ether oxygens (including phenoxy) is 1. The van der Waals surface area contributed by atoms with Crippen LogP contribution in [-0.4, -0.2) is 36.8 Å². The standard InChI is InChI=1S/C11H22NO2/c1-8(2)10(4)14-11(13)12(5)6-9(3)7-12/h8-10H,6-7H2,1-5H3/q+1. The van der Waals surface area contributed by atoms with Gasteiger partial charge >= 0.3 is 6.09 Å². The van der Waals surface area contributed by atoms with E-state index in [1.807, 2.05) is 14.0 Å². The smallest absolute Gasteiger partial charge is 0.417 e. The van der Waals surface area contributed by atoms with Crippen LogP contribution in [0.4, 0.5) is 4.79 Å². The summed E-state index contributed by atoms with van der Waals surface area (Å²) in [5.74, 6) is 1.05. The lowest BCUT2D eigenvalue weighted by Crippen LogP contribution is -2.63. The van der Waals surface area contributed by atoms with Gasteiger partial charge < -0.3 is 4.74 Å². The Morgan fingerprint density at radius 3 is 2.21 bits per heavy atom. The van der Waals surface area contributed by atoms with Crippen molar-refractivity contribution in [3.05, 3.63) is 0 Å².